The highest BCUT2D eigenvalue weighted by molar-refractivity contribution is 5.97. The second-order valence-corrected chi connectivity index (χ2v) is 4.68. The molecule has 1 aromatic carbocycles. The van der Waals surface area contributed by atoms with Gasteiger partial charge in [0.2, 0.25) is 11.8 Å². The van der Waals surface area contributed by atoms with Gasteiger partial charge in [0.05, 0.1) is 13.5 Å². The predicted octanol–water partition coefficient (Wildman–Crippen LogP) is 0.714. The number of nitrogens with two attached hydrogens (primary N) is 1. The van der Waals surface area contributed by atoms with Crippen LogP contribution in [0.15, 0.2) is 24.3 Å². The molecule has 2 rings (SSSR count). The van der Waals surface area contributed by atoms with Gasteiger partial charge in [-0.3, -0.25) is 14.5 Å². The lowest BCUT2D eigenvalue weighted by Crippen LogP contribution is -2.47. The Balaban J connectivity index is 2.07. The molecule has 0 aliphatic carbocycles. The molecule has 2 N–H and O–H groups in total. The van der Waals surface area contributed by atoms with Gasteiger partial charge >= 0.3 is 0 Å². The zero-order valence-electron chi connectivity index (χ0n) is 11.0. The minimum Gasteiger partial charge on any atom is -0.496 e. The molecule has 19 heavy (non-hydrogen) atoms. The highest BCUT2D eigenvalue weighted by atomic mass is 16.5. The van der Waals surface area contributed by atoms with Crippen LogP contribution in [0.2, 0.25) is 0 Å². The molecular formula is C14H18N2O3. The summed E-state index contributed by atoms with van der Waals surface area (Å²) in [5.74, 6) is 0.289. The fourth-order valence-electron chi connectivity index (χ4n) is 2.23. The second kappa shape index (κ2) is 5.84. The van der Waals surface area contributed by atoms with Crippen molar-refractivity contribution in [1.29, 1.82) is 0 Å². The topological polar surface area (TPSA) is 72.6 Å². The predicted molar refractivity (Wildman–Crippen MR) is 70.6 cm³/mol. The third kappa shape index (κ3) is 3.12. The van der Waals surface area contributed by atoms with Crippen molar-refractivity contribution in [3.05, 3.63) is 29.8 Å². The molecule has 0 radical (unpaired) electrons. The van der Waals surface area contributed by atoms with Gasteiger partial charge in [0, 0.05) is 24.6 Å². The number of methoxy groups -OCH3 is 1. The Kier molecular flexibility index (Phi) is 4.16. The highest BCUT2D eigenvalue weighted by Crippen LogP contribution is 2.19. The van der Waals surface area contributed by atoms with Crippen LogP contribution >= 0.6 is 0 Å². The first-order valence-electron chi connectivity index (χ1n) is 6.32. The second-order valence-electron chi connectivity index (χ2n) is 4.68. The Morgan fingerprint density at radius 2 is 2.21 bits per heavy atom. The Bertz CT molecular complexity index is 487. The number of benzene rings is 1. The summed E-state index contributed by atoms with van der Waals surface area (Å²) in [4.78, 5) is 25.2. The minimum absolute atomic E-state index is 0.122. The standard InChI is InChI=1S/C14H18N2O3/c1-19-12-5-3-2-4-10(12)8-13(17)16-7-6-11(15)9-14(16)18/h2-5,11H,6-9,15H2,1H3. The fourth-order valence-corrected chi connectivity index (χ4v) is 2.23. The van der Waals surface area contributed by atoms with Crippen LogP contribution in [0.25, 0.3) is 0 Å². The van der Waals surface area contributed by atoms with Gasteiger partial charge in [-0.25, -0.2) is 0 Å². The maximum Gasteiger partial charge on any atom is 0.233 e. The van der Waals surface area contributed by atoms with E-state index in [-0.39, 0.29) is 30.7 Å². The first-order valence-corrected chi connectivity index (χ1v) is 6.32. The summed E-state index contributed by atoms with van der Waals surface area (Å²) in [6, 6.07) is 7.20. The van der Waals surface area contributed by atoms with Gasteiger partial charge in [-0.1, -0.05) is 18.2 Å². The lowest BCUT2D eigenvalue weighted by molar-refractivity contribution is -0.146. The number of nitrogens with zero attached hydrogens (tertiary/aromatic N) is 1. The van der Waals surface area contributed by atoms with Crippen LogP contribution in [0.1, 0.15) is 18.4 Å². The Morgan fingerprint density at radius 1 is 1.47 bits per heavy atom. The van der Waals surface area contributed by atoms with Crippen LogP contribution in [-0.4, -0.2) is 36.4 Å². The van der Waals surface area contributed by atoms with Gasteiger partial charge in [0.25, 0.3) is 0 Å². The number of hydrogen-bond donors (Lipinski definition) is 1. The van der Waals surface area contributed by atoms with E-state index in [1.165, 1.54) is 4.90 Å². The normalized spacial score (nSPS) is 19.4. The number of carbonyl (C=O) groups excluding carboxylic acids is 2. The van der Waals surface area contributed by atoms with E-state index in [0.717, 1.165) is 5.56 Å². The molecule has 1 unspecified atom stereocenters. The molecule has 1 saturated heterocycles. The van der Waals surface area contributed by atoms with Crippen molar-refractivity contribution in [2.24, 2.45) is 5.73 Å². The van der Waals surface area contributed by atoms with Crippen molar-refractivity contribution in [2.75, 3.05) is 13.7 Å². The lowest BCUT2D eigenvalue weighted by atomic mass is 10.0. The van der Waals surface area contributed by atoms with Crippen molar-refractivity contribution in [3.8, 4) is 5.75 Å². The zero-order valence-corrected chi connectivity index (χ0v) is 11.0. The number of likely N-dealkylation sites (tertiary alicyclic amines) is 1. The van der Waals surface area contributed by atoms with Crippen molar-refractivity contribution in [3.63, 3.8) is 0 Å². The molecule has 5 nitrogen and oxygen atoms in total. The molecule has 0 saturated carbocycles. The molecule has 102 valence electrons. The Labute approximate surface area is 112 Å². The fraction of sp³-hybridized carbons (Fsp3) is 0.429. The van der Waals surface area contributed by atoms with Crippen LogP contribution in [-0.2, 0) is 16.0 Å². The van der Waals surface area contributed by atoms with E-state index in [0.29, 0.717) is 18.7 Å². The van der Waals surface area contributed by atoms with E-state index < -0.39 is 0 Å². The van der Waals surface area contributed by atoms with Crippen LogP contribution in [0.3, 0.4) is 0 Å². The molecular weight excluding hydrogens is 244 g/mol. The number of hydrogen-bond acceptors (Lipinski definition) is 4. The average molecular weight is 262 g/mol. The molecule has 1 fully saturated rings. The molecule has 2 amide bonds. The van der Waals surface area contributed by atoms with Gasteiger partial charge in [0.15, 0.2) is 0 Å². The van der Waals surface area contributed by atoms with E-state index >= 15 is 0 Å². The summed E-state index contributed by atoms with van der Waals surface area (Å²) in [5, 5.41) is 0. The quantitative estimate of drug-likeness (QED) is 0.871. The molecule has 1 aliphatic heterocycles. The van der Waals surface area contributed by atoms with Crippen molar-refractivity contribution in [2.45, 2.75) is 25.3 Å². The molecule has 1 aromatic rings. The number of amides is 2. The first kappa shape index (κ1) is 13.5. The lowest BCUT2D eigenvalue weighted by Gasteiger charge is -2.28. The summed E-state index contributed by atoms with van der Waals surface area (Å²) in [5.41, 5.74) is 6.50. The van der Waals surface area contributed by atoms with Crippen LogP contribution in [0.5, 0.6) is 5.75 Å². The van der Waals surface area contributed by atoms with Crippen LogP contribution < -0.4 is 10.5 Å². The van der Waals surface area contributed by atoms with Crippen molar-refractivity contribution in [1.82, 2.24) is 4.90 Å². The third-order valence-corrected chi connectivity index (χ3v) is 3.30. The maximum absolute atomic E-state index is 12.2. The van der Waals surface area contributed by atoms with E-state index in [9.17, 15) is 9.59 Å². The number of carbonyl (C=O) groups is 2. The minimum atomic E-state index is -0.193. The zero-order chi connectivity index (χ0) is 13.8. The largest absolute Gasteiger partial charge is 0.496 e. The summed E-state index contributed by atoms with van der Waals surface area (Å²) < 4.78 is 5.20. The smallest absolute Gasteiger partial charge is 0.233 e. The number of imide groups is 1. The Hall–Kier alpha value is -1.88. The van der Waals surface area contributed by atoms with Crippen molar-refractivity contribution >= 4 is 11.8 Å². The number of piperidine rings is 1. The number of para-hydroxylation sites is 1. The number of ether oxygens (including phenoxy) is 1. The molecule has 1 heterocycles. The van der Waals surface area contributed by atoms with Crippen LogP contribution in [0.4, 0.5) is 0 Å². The number of rotatable bonds is 3. The van der Waals surface area contributed by atoms with E-state index in [1.807, 2.05) is 18.2 Å². The maximum atomic E-state index is 12.2. The van der Waals surface area contributed by atoms with Gasteiger partial charge in [0.1, 0.15) is 5.75 Å². The summed E-state index contributed by atoms with van der Waals surface area (Å²) in [7, 11) is 1.56. The average Bonchev–Trinajstić information content (AvgIpc) is 2.39. The molecule has 5 heteroatoms. The third-order valence-electron chi connectivity index (χ3n) is 3.30. The van der Waals surface area contributed by atoms with Gasteiger partial charge in [-0.05, 0) is 12.5 Å². The summed E-state index contributed by atoms with van der Waals surface area (Å²) in [6.45, 7) is 0.411. The molecule has 0 aromatic heterocycles. The Morgan fingerprint density at radius 3 is 2.89 bits per heavy atom. The molecule has 0 bridgehead atoms. The van der Waals surface area contributed by atoms with Gasteiger partial charge < -0.3 is 10.5 Å². The first-order chi connectivity index (χ1) is 9.11. The highest BCUT2D eigenvalue weighted by Gasteiger charge is 2.28. The van der Waals surface area contributed by atoms with Crippen LogP contribution in [0, 0.1) is 0 Å². The van der Waals surface area contributed by atoms with E-state index in [2.05, 4.69) is 0 Å². The monoisotopic (exact) mass is 262 g/mol. The summed E-state index contributed by atoms with van der Waals surface area (Å²) >= 11 is 0. The van der Waals surface area contributed by atoms with E-state index in [1.54, 1.807) is 13.2 Å². The van der Waals surface area contributed by atoms with Gasteiger partial charge in [-0.15, -0.1) is 0 Å². The van der Waals surface area contributed by atoms with Gasteiger partial charge in [-0.2, -0.15) is 0 Å². The van der Waals surface area contributed by atoms with E-state index in [4.69, 9.17) is 10.5 Å². The molecule has 1 atom stereocenters. The molecule has 1 aliphatic rings. The molecule has 0 spiro atoms. The summed E-state index contributed by atoms with van der Waals surface area (Å²) in [6.07, 6.45) is 1.09. The van der Waals surface area contributed by atoms with Crippen molar-refractivity contribution < 1.29 is 14.3 Å². The SMILES string of the molecule is COc1ccccc1CC(=O)N1CCC(N)CC1=O.